The number of hydrogen-bond donors (Lipinski definition) is 0. The highest BCUT2D eigenvalue weighted by molar-refractivity contribution is 5.94. The van der Waals surface area contributed by atoms with Gasteiger partial charge in [-0.05, 0) is 25.1 Å². The monoisotopic (exact) mass is 286 g/mol. The average Bonchev–Trinajstić information content (AvgIpc) is 2.94. The van der Waals surface area contributed by atoms with E-state index in [0.29, 0.717) is 5.56 Å². The molecular formula is C15H18N4O2. The van der Waals surface area contributed by atoms with Gasteiger partial charge in [0.15, 0.2) is 5.78 Å². The predicted molar refractivity (Wildman–Crippen MR) is 77.1 cm³/mol. The molecule has 2 heterocycles. The zero-order chi connectivity index (χ0) is 14.8. The molecule has 0 saturated heterocycles. The van der Waals surface area contributed by atoms with Crippen LogP contribution in [0.15, 0.2) is 24.5 Å². The van der Waals surface area contributed by atoms with Crippen molar-refractivity contribution in [2.45, 2.75) is 26.6 Å². The SMILES string of the molecule is COc1ccc(C(C)=O)cc1CN1CCn2cnnc2C1. The highest BCUT2D eigenvalue weighted by atomic mass is 16.5. The third-order valence-corrected chi connectivity index (χ3v) is 3.80. The third-order valence-electron chi connectivity index (χ3n) is 3.80. The minimum absolute atomic E-state index is 0.0669. The first kappa shape index (κ1) is 13.8. The maximum Gasteiger partial charge on any atom is 0.159 e. The fourth-order valence-electron chi connectivity index (χ4n) is 2.61. The van der Waals surface area contributed by atoms with Gasteiger partial charge >= 0.3 is 0 Å². The second-order valence-electron chi connectivity index (χ2n) is 5.23. The first-order valence-electron chi connectivity index (χ1n) is 6.94. The van der Waals surface area contributed by atoms with E-state index in [4.69, 9.17) is 4.74 Å². The molecule has 0 fully saturated rings. The van der Waals surface area contributed by atoms with E-state index >= 15 is 0 Å². The van der Waals surface area contributed by atoms with Crippen molar-refractivity contribution < 1.29 is 9.53 Å². The highest BCUT2D eigenvalue weighted by Crippen LogP contribution is 2.23. The molecule has 1 aromatic carbocycles. The topological polar surface area (TPSA) is 60.2 Å². The fraction of sp³-hybridized carbons (Fsp3) is 0.400. The summed E-state index contributed by atoms with van der Waals surface area (Å²) >= 11 is 0. The number of ether oxygens (including phenoxy) is 1. The van der Waals surface area contributed by atoms with Crippen molar-refractivity contribution in [2.24, 2.45) is 0 Å². The summed E-state index contributed by atoms with van der Waals surface area (Å²) < 4.78 is 7.47. The predicted octanol–water partition coefficient (Wildman–Crippen LogP) is 1.51. The molecule has 0 amide bonds. The van der Waals surface area contributed by atoms with E-state index in [1.165, 1.54) is 0 Å². The molecule has 2 aromatic rings. The Hall–Kier alpha value is -2.21. The molecule has 0 aliphatic carbocycles. The summed E-state index contributed by atoms with van der Waals surface area (Å²) in [6.07, 6.45) is 1.77. The van der Waals surface area contributed by atoms with Crippen LogP contribution >= 0.6 is 0 Å². The second-order valence-corrected chi connectivity index (χ2v) is 5.23. The lowest BCUT2D eigenvalue weighted by Crippen LogP contribution is -2.33. The standard InChI is InChI=1S/C15H18N4O2/c1-11(20)12-3-4-14(21-2)13(7-12)8-18-5-6-19-10-16-17-15(19)9-18/h3-4,7,10H,5-6,8-9H2,1-2H3. The molecule has 0 saturated carbocycles. The molecule has 6 nitrogen and oxygen atoms in total. The number of Topliss-reactive ketones (excluding diaryl/α,β-unsaturated/α-hetero) is 1. The Morgan fingerprint density at radius 1 is 1.38 bits per heavy atom. The third kappa shape index (κ3) is 2.80. The van der Waals surface area contributed by atoms with Gasteiger partial charge in [-0.2, -0.15) is 0 Å². The number of aromatic nitrogens is 3. The van der Waals surface area contributed by atoms with Gasteiger partial charge in [0.25, 0.3) is 0 Å². The van der Waals surface area contributed by atoms with E-state index in [9.17, 15) is 4.79 Å². The summed E-state index contributed by atoms with van der Waals surface area (Å²) in [6, 6.07) is 5.58. The number of benzene rings is 1. The van der Waals surface area contributed by atoms with Crippen LogP contribution in [-0.2, 0) is 19.6 Å². The van der Waals surface area contributed by atoms with E-state index in [1.807, 2.05) is 12.1 Å². The van der Waals surface area contributed by atoms with Crippen LogP contribution in [0.3, 0.4) is 0 Å². The molecule has 0 N–H and O–H groups in total. The molecule has 0 bridgehead atoms. The van der Waals surface area contributed by atoms with Crippen molar-refractivity contribution in [1.82, 2.24) is 19.7 Å². The van der Waals surface area contributed by atoms with Crippen molar-refractivity contribution >= 4 is 5.78 Å². The van der Waals surface area contributed by atoms with Crippen molar-refractivity contribution in [3.63, 3.8) is 0 Å². The van der Waals surface area contributed by atoms with E-state index in [0.717, 1.165) is 43.3 Å². The maximum atomic E-state index is 11.5. The average molecular weight is 286 g/mol. The van der Waals surface area contributed by atoms with E-state index < -0.39 is 0 Å². The number of hydrogen-bond acceptors (Lipinski definition) is 5. The molecule has 1 aliphatic rings. The fourth-order valence-corrected chi connectivity index (χ4v) is 2.61. The number of fused-ring (bicyclic) bond motifs is 1. The van der Waals surface area contributed by atoms with Crippen LogP contribution in [0.25, 0.3) is 0 Å². The van der Waals surface area contributed by atoms with Crippen molar-refractivity contribution in [3.05, 3.63) is 41.5 Å². The van der Waals surface area contributed by atoms with Crippen LogP contribution in [-0.4, -0.2) is 39.1 Å². The van der Waals surface area contributed by atoms with Crippen LogP contribution in [0.2, 0.25) is 0 Å². The number of ketones is 1. The highest BCUT2D eigenvalue weighted by Gasteiger charge is 2.19. The van der Waals surface area contributed by atoms with E-state index in [1.54, 1.807) is 26.4 Å². The number of carbonyl (C=O) groups is 1. The zero-order valence-electron chi connectivity index (χ0n) is 12.2. The van der Waals surface area contributed by atoms with Gasteiger partial charge in [0, 0.05) is 30.8 Å². The Kier molecular flexibility index (Phi) is 3.70. The Morgan fingerprint density at radius 2 is 2.24 bits per heavy atom. The molecule has 110 valence electrons. The second kappa shape index (κ2) is 5.65. The molecule has 0 atom stereocenters. The quantitative estimate of drug-likeness (QED) is 0.797. The van der Waals surface area contributed by atoms with Crippen LogP contribution in [0.1, 0.15) is 28.7 Å². The first-order chi connectivity index (χ1) is 10.2. The molecule has 1 aliphatic heterocycles. The van der Waals surface area contributed by atoms with Crippen molar-refractivity contribution in [3.8, 4) is 5.75 Å². The molecule has 0 radical (unpaired) electrons. The number of nitrogens with zero attached hydrogens (tertiary/aromatic N) is 4. The van der Waals surface area contributed by atoms with E-state index in [2.05, 4.69) is 19.7 Å². The van der Waals surface area contributed by atoms with Gasteiger partial charge in [0.05, 0.1) is 13.7 Å². The van der Waals surface area contributed by atoms with Gasteiger partial charge in [0.2, 0.25) is 0 Å². The summed E-state index contributed by atoms with van der Waals surface area (Å²) in [5, 5.41) is 8.06. The van der Waals surface area contributed by atoms with E-state index in [-0.39, 0.29) is 5.78 Å². The molecule has 1 aromatic heterocycles. The Labute approximate surface area is 123 Å². The van der Waals surface area contributed by atoms with Gasteiger partial charge in [-0.15, -0.1) is 10.2 Å². The number of carbonyl (C=O) groups excluding carboxylic acids is 1. The largest absolute Gasteiger partial charge is 0.496 e. The van der Waals surface area contributed by atoms with Gasteiger partial charge < -0.3 is 9.30 Å². The number of rotatable bonds is 4. The smallest absolute Gasteiger partial charge is 0.159 e. The van der Waals surface area contributed by atoms with Gasteiger partial charge in [0.1, 0.15) is 17.9 Å². The minimum Gasteiger partial charge on any atom is -0.496 e. The molecule has 0 unspecified atom stereocenters. The molecule has 6 heteroatoms. The Morgan fingerprint density at radius 3 is 3.00 bits per heavy atom. The van der Waals surface area contributed by atoms with Crippen LogP contribution in [0, 0.1) is 0 Å². The summed E-state index contributed by atoms with van der Waals surface area (Å²) in [7, 11) is 1.65. The molecule has 3 rings (SSSR count). The van der Waals surface area contributed by atoms with Crippen molar-refractivity contribution in [1.29, 1.82) is 0 Å². The molecule has 21 heavy (non-hydrogen) atoms. The molecule has 0 spiro atoms. The zero-order valence-corrected chi connectivity index (χ0v) is 12.2. The van der Waals surface area contributed by atoms with Crippen LogP contribution in [0.4, 0.5) is 0 Å². The summed E-state index contributed by atoms with van der Waals surface area (Å²) in [6.45, 7) is 4.88. The summed E-state index contributed by atoms with van der Waals surface area (Å²) in [4.78, 5) is 13.8. The van der Waals surface area contributed by atoms with Crippen molar-refractivity contribution in [2.75, 3.05) is 13.7 Å². The first-order valence-corrected chi connectivity index (χ1v) is 6.94. The summed E-state index contributed by atoms with van der Waals surface area (Å²) in [5.41, 5.74) is 1.74. The summed E-state index contributed by atoms with van der Waals surface area (Å²) in [5.74, 6) is 1.85. The van der Waals surface area contributed by atoms with Gasteiger partial charge in [-0.25, -0.2) is 0 Å². The lowest BCUT2D eigenvalue weighted by molar-refractivity contribution is 0.101. The maximum absolute atomic E-state index is 11.5. The lowest BCUT2D eigenvalue weighted by atomic mass is 10.1. The Bertz CT molecular complexity index is 665. The van der Waals surface area contributed by atoms with Crippen LogP contribution < -0.4 is 4.74 Å². The van der Waals surface area contributed by atoms with Gasteiger partial charge in [-0.3, -0.25) is 9.69 Å². The van der Waals surface area contributed by atoms with Crippen LogP contribution in [0.5, 0.6) is 5.75 Å². The lowest BCUT2D eigenvalue weighted by Gasteiger charge is -2.27. The normalized spacial score (nSPS) is 14.8. The number of methoxy groups -OCH3 is 1. The minimum atomic E-state index is 0.0669. The molecular weight excluding hydrogens is 268 g/mol. The van der Waals surface area contributed by atoms with Gasteiger partial charge in [-0.1, -0.05) is 0 Å². The Balaban J connectivity index is 1.81.